The molecular formula is C27H24ClN7O2. The summed E-state index contributed by atoms with van der Waals surface area (Å²) < 4.78 is 7.24. The van der Waals surface area contributed by atoms with E-state index in [9.17, 15) is 4.79 Å². The minimum Gasteiger partial charge on any atom is -0.383 e. The SMILES string of the molecule is CCC(Nc1ncnc(N)c1-c1nc(C2CC2)no1)c1cc2cccc(Cl)c2c(=O)n1-c1ccccc1. The molecule has 1 atom stereocenters. The zero-order chi connectivity index (χ0) is 25.5. The number of para-hydroxylation sites is 1. The van der Waals surface area contributed by atoms with Gasteiger partial charge in [-0.1, -0.05) is 54.0 Å². The van der Waals surface area contributed by atoms with Crippen LogP contribution in [0.15, 0.2) is 70.2 Å². The van der Waals surface area contributed by atoms with E-state index in [1.165, 1.54) is 6.33 Å². The highest BCUT2D eigenvalue weighted by Crippen LogP contribution is 2.40. The number of benzene rings is 2. The number of nitrogens with zero attached hydrogens (tertiary/aromatic N) is 5. The molecule has 5 aromatic rings. The molecule has 6 rings (SSSR count). The first-order valence-corrected chi connectivity index (χ1v) is 12.5. The van der Waals surface area contributed by atoms with Crippen LogP contribution in [0.1, 0.15) is 49.7 Å². The summed E-state index contributed by atoms with van der Waals surface area (Å²) in [5, 5.41) is 9.23. The number of aromatic nitrogens is 5. The molecule has 0 aliphatic heterocycles. The maximum absolute atomic E-state index is 13.8. The predicted molar refractivity (Wildman–Crippen MR) is 143 cm³/mol. The molecule has 10 heteroatoms. The van der Waals surface area contributed by atoms with E-state index in [1.807, 2.05) is 55.5 Å². The van der Waals surface area contributed by atoms with E-state index in [1.54, 1.807) is 10.6 Å². The molecule has 37 heavy (non-hydrogen) atoms. The molecule has 0 amide bonds. The lowest BCUT2D eigenvalue weighted by Crippen LogP contribution is -2.27. The van der Waals surface area contributed by atoms with Crippen LogP contribution in [0, 0.1) is 0 Å². The van der Waals surface area contributed by atoms with E-state index in [0.717, 1.165) is 29.6 Å². The van der Waals surface area contributed by atoms with Gasteiger partial charge in [-0.25, -0.2) is 9.97 Å². The smallest absolute Gasteiger partial charge is 0.265 e. The van der Waals surface area contributed by atoms with Gasteiger partial charge in [0.15, 0.2) is 5.82 Å². The minimum atomic E-state index is -0.324. The average molecular weight is 514 g/mol. The van der Waals surface area contributed by atoms with Gasteiger partial charge in [-0.15, -0.1) is 0 Å². The van der Waals surface area contributed by atoms with Crippen molar-refractivity contribution in [3.8, 4) is 17.1 Å². The predicted octanol–water partition coefficient (Wildman–Crippen LogP) is 5.51. The van der Waals surface area contributed by atoms with Crippen molar-refractivity contribution >= 4 is 34.0 Å². The van der Waals surface area contributed by atoms with Crippen molar-refractivity contribution in [2.24, 2.45) is 0 Å². The second-order valence-corrected chi connectivity index (χ2v) is 9.48. The molecule has 0 radical (unpaired) electrons. The fourth-order valence-corrected chi connectivity index (χ4v) is 4.82. The zero-order valence-corrected chi connectivity index (χ0v) is 20.8. The molecule has 3 heterocycles. The third-order valence-corrected chi connectivity index (χ3v) is 6.90. The quantitative estimate of drug-likeness (QED) is 0.292. The summed E-state index contributed by atoms with van der Waals surface area (Å²) in [7, 11) is 0. The summed E-state index contributed by atoms with van der Waals surface area (Å²) in [6.07, 6.45) is 4.12. The molecular weight excluding hydrogens is 490 g/mol. The van der Waals surface area contributed by atoms with Crippen molar-refractivity contribution in [1.82, 2.24) is 24.7 Å². The van der Waals surface area contributed by atoms with Crippen LogP contribution in [0.3, 0.4) is 0 Å². The van der Waals surface area contributed by atoms with Gasteiger partial charge in [0.2, 0.25) is 0 Å². The first-order valence-electron chi connectivity index (χ1n) is 12.2. The van der Waals surface area contributed by atoms with Gasteiger partial charge in [0.25, 0.3) is 11.4 Å². The van der Waals surface area contributed by atoms with Gasteiger partial charge in [-0.2, -0.15) is 4.98 Å². The fraction of sp³-hybridized carbons (Fsp3) is 0.222. The van der Waals surface area contributed by atoms with Crippen LogP contribution in [0.2, 0.25) is 5.02 Å². The Bertz CT molecular complexity index is 1660. The second kappa shape index (κ2) is 9.33. The maximum atomic E-state index is 13.8. The molecule has 0 spiro atoms. The molecule has 9 nitrogen and oxygen atoms in total. The third-order valence-electron chi connectivity index (χ3n) is 6.59. The van der Waals surface area contributed by atoms with E-state index < -0.39 is 0 Å². The number of nitrogens with two attached hydrogens (primary N) is 1. The Morgan fingerprint density at radius 2 is 1.97 bits per heavy atom. The van der Waals surface area contributed by atoms with Crippen molar-refractivity contribution in [3.63, 3.8) is 0 Å². The lowest BCUT2D eigenvalue weighted by molar-refractivity contribution is 0.422. The monoisotopic (exact) mass is 513 g/mol. The number of hydrogen-bond acceptors (Lipinski definition) is 8. The topological polar surface area (TPSA) is 125 Å². The lowest BCUT2D eigenvalue weighted by Gasteiger charge is -2.24. The number of nitrogens with one attached hydrogen (secondary N) is 1. The Morgan fingerprint density at radius 1 is 1.16 bits per heavy atom. The highest BCUT2D eigenvalue weighted by Gasteiger charge is 2.30. The molecule has 0 saturated heterocycles. The summed E-state index contributed by atoms with van der Waals surface area (Å²) in [5.41, 5.74) is 7.99. The van der Waals surface area contributed by atoms with Gasteiger partial charge < -0.3 is 15.6 Å². The number of anilines is 2. The number of rotatable bonds is 7. The number of halogens is 1. The molecule has 0 bridgehead atoms. The number of pyridine rings is 1. The standard InChI is InChI=1S/C27H24ClN7O2/c1-2-19(32-25-22(23(29)30-14-31-25)26-33-24(34-37-26)15-11-12-15)20-13-16-7-6-10-18(28)21(16)27(36)35(20)17-8-4-3-5-9-17/h3-10,13-15,19H,2,11-12H2,1H3,(H3,29,30,31,32). The average Bonchev–Trinajstić information content (AvgIpc) is 3.65. The van der Waals surface area contributed by atoms with Crippen molar-refractivity contribution < 1.29 is 4.52 Å². The summed E-state index contributed by atoms with van der Waals surface area (Å²) in [4.78, 5) is 27.0. The Morgan fingerprint density at radius 3 is 2.73 bits per heavy atom. The molecule has 3 aromatic heterocycles. The maximum Gasteiger partial charge on any atom is 0.265 e. The van der Waals surface area contributed by atoms with Gasteiger partial charge in [0.05, 0.1) is 16.5 Å². The van der Waals surface area contributed by atoms with Gasteiger partial charge in [0.1, 0.15) is 23.5 Å². The Kier molecular flexibility index (Phi) is 5.84. The first-order chi connectivity index (χ1) is 18.0. The molecule has 3 N–H and O–H groups in total. The molecule has 1 aliphatic carbocycles. The van der Waals surface area contributed by atoms with Crippen LogP contribution in [0.5, 0.6) is 0 Å². The van der Waals surface area contributed by atoms with Crippen molar-refractivity contribution in [2.45, 2.75) is 38.1 Å². The highest BCUT2D eigenvalue weighted by atomic mass is 35.5. The number of hydrogen-bond donors (Lipinski definition) is 2. The largest absolute Gasteiger partial charge is 0.383 e. The molecule has 1 unspecified atom stereocenters. The van der Waals surface area contributed by atoms with Crippen LogP contribution in [0.25, 0.3) is 27.9 Å². The summed E-state index contributed by atoms with van der Waals surface area (Å²) in [6, 6.07) is 16.6. The van der Waals surface area contributed by atoms with Crippen molar-refractivity contribution in [1.29, 1.82) is 0 Å². The van der Waals surface area contributed by atoms with Crippen molar-refractivity contribution in [2.75, 3.05) is 11.1 Å². The Hall–Kier alpha value is -4.24. The van der Waals surface area contributed by atoms with Crippen LogP contribution >= 0.6 is 11.6 Å². The summed E-state index contributed by atoms with van der Waals surface area (Å²) in [5.74, 6) is 1.93. The molecule has 1 aliphatic rings. The molecule has 1 saturated carbocycles. The van der Waals surface area contributed by atoms with Gasteiger partial charge >= 0.3 is 0 Å². The third kappa shape index (κ3) is 4.21. The van der Waals surface area contributed by atoms with E-state index in [-0.39, 0.29) is 23.3 Å². The van der Waals surface area contributed by atoms with Gasteiger partial charge in [0, 0.05) is 17.3 Å². The van der Waals surface area contributed by atoms with Gasteiger partial charge in [-0.05, 0) is 48.9 Å². The Labute approximate surface area is 217 Å². The van der Waals surface area contributed by atoms with E-state index in [2.05, 4.69) is 25.4 Å². The zero-order valence-electron chi connectivity index (χ0n) is 20.1. The van der Waals surface area contributed by atoms with E-state index >= 15 is 0 Å². The number of fused-ring (bicyclic) bond motifs is 1. The Balaban J connectivity index is 1.50. The van der Waals surface area contributed by atoms with Crippen LogP contribution in [-0.2, 0) is 0 Å². The van der Waals surface area contributed by atoms with Crippen LogP contribution in [-0.4, -0.2) is 24.7 Å². The molecule has 186 valence electrons. The molecule has 1 fully saturated rings. The second-order valence-electron chi connectivity index (χ2n) is 9.07. The fourth-order valence-electron chi connectivity index (χ4n) is 4.55. The van der Waals surface area contributed by atoms with Crippen LogP contribution < -0.4 is 16.6 Å². The normalized spacial score (nSPS) is 14.1. The number of nitrogen functional groups attached to an aromatic ring is 1. The van der Waals surface area contributed by atoms with Gasteiger partial charge in [-0.3, -0.25) is 9.36 Å². The lowest BCUT2D eigenvalue weighted by atomic mass is 10.0. The van der Waals surface area contributed by atoms with Crippen molar-refractivity contribution in [3.05, 3.63) is 87.8 Å². The van der Waals surface area contributed by atoms with E-state index in [4.69, 9.17) is 21.9 Å². The van der Waals surface area contributed by atoms with E-state index in [0.29, 0.717) is 40.0 Å². The van der Waals surface area contributed by atoms with Crippen LogP contribution in [0.4, 0.5) is 11.6 Å². The first kappa shape index (κ1) is 23.2. The molecule has 2 aromatic carbocycles. The summed E-state index contributed by atoms with van der Waals surface area (Å²) >= 11 is 6.47. The summed E-state index contributed by atoms with van der Waals surface area (Å²) in [6.45, 7) is 2.03. The minimum absolute atomic E-state index is 0.196. The highest BCUT2D eigenvalue weighted by molar-refractivity contribution is 6.35.